The molecule has 0 radical (unpaired) electrons. The van der Waals surface area contributed by atoms with Gasteiger partial charge in [-0.2, -0.15) is 0 Å². The van der Waals surface area contributed by atoms with Crippen molar-refractivity contribution in [3.63, 3.8) is 0 Å². The summed E-state index contributed by atoms with van der Waals surface area (Å²) in [5.74, 6) is 0. The fourth-order valence-corrected chi connectivity index (χ4v) is 3.66. The number of unbranched alkanes of at least 4 members (excludes halogenated alkanes) is 1. The minimum Gasteiger partial charge on any atom is -0.317 e. The molecule has 0 amide bonds. The lowest BCUT2D eigenvalue weighted by Gasteiger charge is -2.30. The molecule has 15 heavy (non-hydrogen) atoms. The summed E-state index contributed by atoms with van der Waals surface area (Å²) in [5.41, 5.74) is 0.914. The van der Waals surface area contributed by atoms with Gasteiger partial charge in [0.15, 0.2) is 0 Å². The Balaban J connectivity index is 3.97. The zero-order valence-electron chi connectivity index (χ0n) is 11.4. The molecule has 0 saturated carbocycles. The highest BCUT2D eigenvalue weighted by atomic mass is 28.2. The van der Waals surface area contributed by atoms with Crippen molar-refractivity contribution in [3.05, 3.63) is 0 Å². The molecule has 2 nitrogen and oxygen atoms in total. The van der Waals surface area contributed by atoms with Crippen molar-refractivity contribution in [2.45, 2.75) is 53.0 Å². The van der Waals surface area contributed by atoms with E-state index in [-0.39, 0.29) is 9.68 Å². The van der Waals surface area contributed by atoms with Gasteiger partial charge in [-0.3, -0.25) is 4.90 Å². The van der Waals surface area contributed by atoms with Crippen LogP contribution in [0.2, 0.25) is 5.54 Å². The van der Waals surface area contributed by atoms with Crippen LogP contribution in [0.5, 0.6) is 0 Å². The Morgan fingerprint density at radius 2 is 1.67 bits per heavy atom. The lowest BCUT2D eigenvalue weighted by Crippen LogP contribution is -2.41. The third-order valence-corrected chi connectivity index (χ3v) is 4.51. The van der Waals surface area contributed by atoms with Crippen LogP contribution in [0.25, 0.3) is 0 Å². The molecule has 0 aliphatic heterocycles. The molecule has 0 bridgehead atoms. The first-order valence-electron chi connectivity index (χ1n) is 6.58. The highest BCUT2D eigenvalue weighted by Gasteiger charge is 2.10. The molecule has 0 N–H and O–H groups in total. The van der Waals surface area contributed by atoms with Gasteiger partial charge in [-0.1, -0.05) is 41.0 Å². The molecule has 92 valence electrons. The van der Waals surface area contributed by atoms with Crippen molar-refractivity contribution in [3.8, 4) is 0 Å². The minimum atomic E-state index is -0.0300. The maximum Gasteiger partial charge on any atom is 0.0991 e. The SMILES string of the molecule is CCCCN(CN(CC)CC)[SiH2]C(C)C. The fraction of sp³-hybridized carbons (Fsp3) is 1.00. The number of hydrogen-bond donors (Lipinski definition) is 0. The van der Waals surface area contributed by atoms with Crippen molar-refractivity contribution >= 4 is 9.68 Å². The van der Waals surface area contributed by atoms with Crippen LogP contribution in [-0.4, -0.2) is 45.4 Å². The van der Waals surface area contributed by atoms with E-state index in [2.05, 4.69) is 44.1 Å². The van der Waals surface area contributed by atoms with E-state index in [1.165, 1.54) is 39.1 Å². The second-order valence-corrected chi connectivity index (χ2v) is 7.66. The Hall–Kier alpha value is 0.137. The molecule has 0 aromatic heterocycles. The van der Waals surface area contributed by atoms with Gasteiger partial charge in [0.1, 0.15) is 0 Å². The molecule has 0 aliphatic rings. The van der Waals surface area contributed by atoms with Crippen LogP contribution in [0.4, 0.5) is 0 Å². The molecule has 0 unspecified atom stereocenters. The van der Waals surface area contributed by atoms with Gasteiger partial charge in [0, 0.05) is 6.67 Å². The largest absolute Gasteiger partial charge is 0.317 e. The molecule has 0 heterocycles. The van der Waals surface area contributed by atoms with Crippen LogP contribution < -0.4 is 0 Å². The summed E-state index contributed by atoms with van der Waals surface area (Å²) in [6.45, 7) is 16.4. The van der Waals surface area contributed by atoms with Gasteiger partial charge >= 0.3 is 0 Å². The molecular formula is C12H30N2Si. The van der Waals surface area contributed by atoms with E-state index in [0.29, 0.717) is 0 Å². The summed E-state index contributed by atoms with van der Waals surface area (Å²) in [7, 11) is -0.0300. The van der Waals surface area contributed by atoms with Crippen molar-refractivity contribution in [2.24, 2.45) is 0 Å². The van der Waals surface area contributed by atoms with Crippen LogP contribution in [0.1, 0.15) is 47.5 Å². The Labute approximate surface area is 98.9 Å². The Morgan fingerprint density at radius 3 is 2.07 bits per heavy atom. The molecule has 0 rings (SSSR count). The topological polar surface area (TPSA) is 6.48 Å². The van der Waals surface area contributed by atoms with E-state index in [0.717, 1.165) is 5.54 Å². The van der Waals surface area contributed by atoms with E-state index < -0.39 is 0 Å². The van der Waals surface area contributed by atoms with Crippen LogP contribution in [0, 0.1) is 0 Å². The van der Waals surface area contributed by atoms with Crippen molar-refractivity contribution in [1.82, 2.24) is 9.47 Å². The van der Waals surface area contributed by atoms with Crippen LogP contribution in [0.3, 0.4) is 0 Å². The second kappa shape index (κ2) is 9.37. The van der Waals surface area contributed by atoms with E-state index in [1.54, 1.807) is 0 Å². The van der Waals surface area contributed by atoms with Crippen molar-refractivity contribution < 1.29 is 0 Å². The lowest BCUT2D eigenvalue weighted by molar-refractivity contribution is 0.208. The Bertz CT molecular complexity index is 136. The molecule has 0 saturated heterocycles. The zero-order valence-corrected chi connectivity index (χ0v) is 12.8. The van der Waals surface area contributed by atoms with E-state index in [1.807, 2.05) is 0 Å². The number of nitrogens with zero attached hydrogens (tertiary/aromatic N) is 2. The first kappa shape index (κ1) is 15.1. The standard InChI is InChI=1S/C12H30N2Si/c1-6-9-10-14(15-12(4)5)11-13(7-2)8-3/h12H,6-11,15H2,1-5H3. The monoisotopic (exact) mass is 230 g/mol. The highest BCUT2D eigenvalue weighted by molar-refractivity contribution is 6.33. The molecule has 0 fully saturated rings. The maximum absolute atomic E-state index is 2.74. The molecule has 0 atom stereocenters. The first-order chi connectivity index (χ1) is 7.13. The predicted molar refractivity (Wildman–Crippen MR) is 73.0 cm³/mol. The summed E-state index contributed by atoms with van der Waals surface area (Å²) in [6.07, 6.45) is 2.68. The molecular weight excluding hydrogens is 200 g/mol. The number of hydrogen-bond acceptors (Lipinski definition) is 2. The molecule has 0 aromatic rings. The smallest absolute Gasteiger partial charge is 0.0991 e. The molecule has 0 spiro atoms. The quantitative estimate of drug-likeness (QED) is 0.443. The third-order valence-electron chi connectivity index (χ3n) is 2.75. The van der Waals surface area contributed by atoms with E-state index in [4.69, 9.17) is 0 Å². The van der Waals surface area contributed by atoms with Crippen molar-refractivity contribution in [2.75, 3.05) is 26.3 Å². The summed E-state index contributed by atoms with van der Waals surface area (Å²) >= 11 is 0. The average molecular weight is 230 g/mol. The Kier molecular flexibility index (Phi) is 9.45. The Morgan fingerprint density at radius 1 is 1.07 bits per heavy atom. The summed E-state index contributed by atoms with van der Waals surface area (Å²) in [5, 5.41) is 0. The first-order valence-corrected chi connectivity index (χ1v) is 8.03. The minimum absolute atomic E-state index is 0.0300. The summed E-state index contributed by atoms with van der Waals surface area (Å²) in [4.78, 5) is 2.53. The molecule has 0 aliphatic carbocycles. The van der Waals surface area contributed by atoms with E-state index in [9.17, 15) is 0 Å². The average Bonchev–Trinajstić information content (AvgIpc) is 2.21. The summed E-state index contributed by atoms with van der Waals surface area (Å²) in [6, 6.07) is 0. The van der Waals surface area contributed by atoms with Crippen LogP contribution in [-0.2, 0) is 0 Å². The van der Waals surface area contributed by atoms with Gasteiger partial charge in [0.05, 0.1) is 9.68 Å². The van der Waals surface area contributed by atoms with Gasteiger partial charge in [-0.15, -0.1) is 0 Å². The van der Waals surface area contributed by atoms with Crippen LogP contribution in [0.15, 0.2) is 0 Å². The van der Waals surface area contributed by atoms with Crippen LogP contribution >= 0.6 is 0 Å². The fourth-order valence-electron chi connectivity index (χ4n) is 1.82. The van der Waals surface area contributed by atoms with Gasteiger partial charge < -0.3 is 4.57 Å². The normalized spacial score (nSPS) is 12.8. The highest BCUT2D eigenvalue weighted by Crippen LogP contribution is 2.04. The van der Waals surface area contributed by atoms with Gasteiger partial charge in [-0.25, -0.2) is 0 Å². The van der Waals surface area contributed by atoms with Gasteiger partial charge in [0.25, 0.3) is 0 Å². The zero-order chi connectivity index (χ0) is 11.7. The van der Waals surface area contributed by atoms with Crippen molar-refractivity contribution in [1.29, 1.82) is 0 Å². The second-order valence-electron chi connectivity index (χ2n) is 4.77. The summed E-state index contributed by atoms with van der Waals surface area (Å²) < 4.78 is 2.74. The maximum atomic E-state index is 2.74. The third kappa shape index (κ3) is 8.00. The predicted octanol–water partition coefficient (Wildman–Crippen LogP) is 2.30. The molecule has 3 heteroatoms. The van der Waals surface area contributed by atoms with Gasteiger partial charge in [0.2, 0.25) is 0 Å². The number of rotatable bonds is 9. The van der Waals surface area contributed by atoms with E-state index >= 15 is 0 Å². The molecule has 0 aromatic carbocycles. The lowest BCUT2D eigenvalue weighted by atomic mass is 10.3. The van der Waals surface area contributed by atoms with Gasteiger partial charge in [-0.05, 0) is 31.6 Å².